The molecular weight excluding hydrogens is 294 g/mol. The fourth-order valence-corrected chi connectivity index (χ4v) is 3.97. The van der Waals surface area contributed by atoms with Gasteiger partial charge in [0.05, 0.1) is 4.90 Å². The predicted molar refractivity (Wildman–Crippen MR) is 93.2 cm³/mol. The molecule has 0 atom stereocenters. The summed E-state index contributed by atoms with van der Waals surface area (Å²) < 4.78 is 27.2. The van der Waals surface area contributed by atoms with Gasteiger partial charge in [-0.3, -0.25) is 0 Å². The highest BCUT2D eigenvalue weighted by Gasteiger charge is 2.24. The summed E-state index contributed by atoms with van der Waals surface area (Å²) in [6, 6.07) is 10.8. The molecule has 0 bridgehead atoms. The molecular formula is C18H19NO2S. The molecule has 0 aliphatic rings. The second kappa shape index (κ2) is 6.73. The van der Waals surface area contributed by atoms with Crippen LogP contribution in [0.4, 0.5) is 0 Å². The van der Waals surface area contributed by atoms with E-state index in [0.717, 1.165) is 10.9 Å². The normalized spacial score (nSPS) is 11.5. The molecule has 0 spiro atoms. The Morgan fingerprint density at radius 3 is 2.05 bits per heavy atom. The van der Waals surface area contributed by atoms with Gasteiger partial charge in [-0.1, -0.05) is 55.1 Å². The van der Waals surface area contributed by atoms with E-state index in [1.807, 2.05) is 24.3 Å². The zero-order valence-electron chi connectivity index (χ0n) is 12.4. The largest absolute Gasteiger partial charge is 0.244 e. The highest BCUT2D eigenvalue weighted by Crippen LogP contribution is 2.29. The summed E-state index contributed by atoms with van der Waals surface area (Å²) >= 11 is 0. The molecule has 0 heterocycles. The van der Waals surface area contributed by atoms with Crippen LogP contribution in [-0.4, -0.2) is 25.8 Å². The van der Waals surface area contributed by atoms with Crippen LogP contribution in [0.15, 0.2) is 73.2 Å². The van der Waals surface area contributed by atoms with Gasteiger partial charge in [0.1, 0.15) is 0 Å². The second-order valence-electron chi connectivity index (χ2n) is 4.80. The molecule has 0 fully saturated rings. The van der Waals surface area contributed by atoms with Gasteiger partial charge < -0.3 is 0 Å². The molecule has 3 nitrogen and oxygen atoms in total. The average Bonchev–Trinajstić information content (AvgIpc) is 2.53. The van der Waals surface area contributed by atoms with Crippen molar-refractivity contribution < 1.29 is 8.42 Å². The molecule has 0 aromatic heterocycles. The summed E-state index contributed by atoms with van der Waals surface area (Å²) in [5.41, 5.74) is 0.911. The zero-order chi connectivity index (χ0) is 16.2. The predicted octanol–water partition coefficient (Wildman–Crippen LogP) is 3.85. The fourth-order valence-electron chi connectivity index (χ4n) is 2.40. The second-order valence-corrected chi connectivity index (χ2v) is 6.71. The van der Waals surface area contributed by atoms with Crippen LogP contribution in [0.3, 0.4) is 0 Å². The molecule has 0 aliphatic heterocycles. The summed E-state index contributed by atoms with van der Waals surface area (Å²) in [6.45, 7) is 11.5. The molecule has 0 radical (unpaired) electrons. The van der Waals surface area contributed by atoms with E-state index in [0.29, 0.717) is 5.39 Å². The SMILES string of the molecule is C=CCN(CC=C)S(=O)(=O)c1ccc(C=C)c2ccccc12. The van der Waals surface area contributed by atoms with Crippen molar-refractivity contribution in [3.8, 4) is 0 Å². The van der Waals surface area contributed by atoms with Crippen LogP contribution < -0.4 is 0 Å². The van der Waals surface area contributed by atoms with Crippen molar-refractivity contribution in [1.29, 1.82) is 0 Å². The molecule has 22 heavy (non-hydrogen) atoms. The van der Waals surface area contributed by atoms with Gasteiger partial charge in [0.15, 0.2) is 0 Å². The maximum atomic E-state index is 12.9. The number of hydrogen-bond acceptors (Lipinski definition) is 2. The van der Waals surface area contributed by atoms with Crippen LogP contribution in [-0.2, 0) is 10.0 Å². The van der Waals surface area contributed by atoms with E-state index in [1.165, 1.54) is 4.31 Å². The first-order chi connectivity index (χ1) is 10.6. The average molecular weight is 313 g/mol. The molecule has 0 amide bonds. The van der Waals surface area contributed by atoms with E-state index < -0.39 is 10.0 Å². The quantitative estimate of drug-likeness (QED) is 0.728. The monoisotopic (exact) mass is 313 g/mol. The van der Waals surface area contributed by atoms with E-state index in [4.69, 9.17) is 0 Å². The van der Waals surface area contributed by atoms with Crippen molar-refractivity contribution in [1.82, 2.24) is 4.31 Å². The lowest BCUT2D eigenvalue weighted by Crippen LogP contribution is -2.31. The minimum atomic E-state index is -3.62. The third-order valence-electron chi connectivity index (χ3n) is 3.42. The van der Waals surface area contributed by atoms with Gasteiger partial charge in [-0.05, 0) is 17.0 Å². The summed E-state index contributed by atoms with van der Waals surface area (Å²) in [4.78, 5) is 0.289. The summed E-state index contributed by atoms with van der Waals surface area (Å²) in [7, 11) is -3.62. The Morgan fingerprint density at radius 2 is 1.50 bits per heavy atom. The number of fused-ring (bicyclic) bond motifs is 1. The topological polar surface area (TPSA) is 37.4 Å². The molecule has 4 heteroatoms. The van der Waals surface area contributed by atoms with Gasteiger partial charge in [0.2, 0.25) is 10.0 Å². The lowest BCUT2D eigenvalue weighted by atomic mass is 10.0. The summed E-state index contributed by atoms with van der Waals surface area (Å²) in [6.07, 6.45) is 4.87. The van der Waals surface area contributed by atoms with Crippen LogP contribution in [0.2, 0.25) is 0 Å². The van der Waals surface area contributed by atoms with Gasteiger partial charge in [-0.25, -0.2) is 8.42 Å². The van der Waals surface area contributed by atoms with E-state index >= 15 is 0 Å². The van der Waals surface area contributed by atoms with Crippen LogP contribution in [0.1, 0.15) is 5.56 Å². The molecule has 0 aliphatic carbocycles. The van der Waals surface area contributed by atoms with E-state index in [1.54, 1.807) is 30.4 Å². The van der Waals surface area contributed by atoms with Crippen molar-refractivity contribution in [2.45, 2.75) is 4.90 Å². The Morgan fingerprint density at radius 1 is 0.909 bits per heavy atom. The lowest BCUT2D eigenvalue weighted by Gasteiger charge is -2.20. The smallest absolute Gasteiger partial charge is 0.207 e. The Hall–Kier alpha value is -2.17. The van der Waals surface area contributed by atoms with Crippen molar-refractivity contribution in [3.05, 3.63) is 73.9 Å². The summed E-state index contributed by atoms with van der Waals surface area (Å²) in [5.74, 6) is 0. The number of benzene rings is 2. The fraction of sp³-hybridized carbons (Fsp3) is 0.111. The highest BCUT2D eigenvalue weighted by molar-refractivity contribution is 7.89. The van der Waals surface area contributed by atoms with Gasteiger partial charge in [0, 0.05) is 18.5 Å². The van der Waals surface area contributed by atoms with Gasteiger partial charge in [0.25, 0.3) is 0 Å². The lowest BCUT2D eigenvalue weighted by molar-refractivity contribution is 0.475. The maximum Gasteiger partial charge on any atom is 0.244 e. The minimum Gasteiger partial charge on any atom is -0.207 e. The Bertz CT molecular complexity index is 812. The van der Waals surface area contributed by atoms with Crippen molar-refractivity contribution in [2.24, 2.45) is 0 Å². The number of rotatable bonds is 7. The summed E-state index contributed by atoms with van der Waals surface area (Å²) in [5, 5.41) is 1.56. The van der Waals surface area contributed by atoms with Gasteiger partial charge in [-0.15, -0.1) is 13.2 Å². The van der Waals surface area contributed by atoms with Crippen LogP contribution in [0.25, 0.3) is 16.8 Å². The Kier molecular flexibility index (Phi) is 4.96. The van der Waals surface area contributed by atoms with E-state index in [2.05, 4.69) is 19.7 Å². The molecule has 0 saturated heterocycles. The number of sulfonamides is 1. The first kappa shape index (κ1) is 16.2. The molecule has 0 saturated carbocycles. The zero-order valence-corrected chi connectivity index (χ0v) is 13.2. The Labute approximate surface area is 131 Å². The van der Waals surface area contributed by atoms with Crippen LogP contribution in [0, 0.1) is 0 Å². The molecule has 114 valence electrons. The first-order valence-electron chi connectivity index (χ1n) is 6.92. The third kappa shape index (κ3) is 2.89. The number of hydrogen-bond donors (Lipinski definition) is 0. The molecule has 2 aromatic rings. The number of nitrogens with zero attached hydrogens (tertiary/aromatic N) is 1. The Balaban J connectivity index is 2.70. The van der Waals surface area contributed by atoms with Gasteiger partial charge in [-0.2, -0.15) is 4.31 Å². The minimum absolute atomic E-state index is 0.242. The van der Waals surface area contributed by atoms with Crippen molar-refractivity contribution in [3.63, 3.8) is 0 Å². The standard InChI is InChI=1S/C18H19NO2S/c1-4-13-19(14-5-2)22(20,21)18-12-11-15(6-3)16-9-7-8-10-17(16)18/h4-12H,1-3,13-14H2. The van der Waals surface area contributed by atoms with Crippen molar-refractivity contribution >= 4 is 26.9 Å². The van der Waals surface area contributed by atoms with E-state index in [-0.39, 0.29) is 18.0 Å². The third-order valence-corrected chi connectivity index (χ3v) is 5.31. The van der Waals surface area contributed by atoms with E-state index in [9.17, 15) is 8.42 Å². The van der Waals surface area contributed by atoms with Gasteiger partial charge >= 0.3 is 0 Å². The van der Waals surface area contributed by atoms with Crippen LogP contribution >= 0.6 is 0 Å². The maximum absolute atomic E-state index is 12.9. The molecule has 0 N–H and O–H groups in total. The molecule has 0 unspecified atom stereocenters. The first-order valence-corrected chi connectivity index (χ1v) is 8.36. The molecule has 2 rings (SSSR count). The highest BCUT2D eigenvalue weighted by atomic mass is 32.2. The van der Waals surface area contributed by atoms with Crippen molar-refractivity contribution in [2.75, 3.05) is 13.1 Å². The van der Waals surface area contributed by atoms with Crippen LogP contribution in [0.5, 0.6) is 0 Å². The molecule has 2 aromatic carbocycles.